The Morgan fingerprint density at radius 2 is 1.81 bits per heavy atom. The van der Waals surface area contributed by atoms with Crippen LogP contribution in [0.3, 0.4) is 0 Å². The molecule has 2 aliphatic carbocycles. The molecule has 0 aliphatic heterocycles. The van der Waals surface area contributed by atoms with Gasteiger partial charge in [0.1, 0.15) is 0 Å². The Labute approximate surface area is 132 Å². The van der Waals surface area contributed by atoms with E-state index in [1.165, 1.54) is 51.5 Å². The van der Waals surface area contributed by atoms with Crippen molar-refractivity contribution in [1.82, 2.24) is 4.90 Å². The number of aliphatic hydroxyl groups excluding tert-OH is 1. The van der Waals surface area contributed by atoms with E-state index in [0.717, 1.165) is 24.9 Å². The highest BCUT2D eigenvalue weighted by Crippen LogP contribution is 2.39. The molecular weight excluding hydrogens is 258 g/mol. The topological polar surface area (TPSA) is 23.5 Å². The van der Waals surface area contributed by atoms with Gasteiger partial charge >= 0.3 is 0 Å². The van der Waals surface area contributed by atoms with Crippen LogP contribution in [0.1, 0.15) is 79.1 Å². The first-order chi connectivity index (χ1) is 9.87. The summed E-state index contributed by atoms with van der Waals surface area (Å²) in [4.78, 5) is 2.74. The van der Waals surface area contributed by atoms with E-state index >= 15 is 0 Å². The van der Waals surface area contributed by atoms with Crippen LogP contribution in [0, 0.1) is 17.3 Å². The summed E-state index contributed by atoms with van der Waals surface area (Å²) >= 11 is 0. The van der Waals surface area contributed by atoms with Crippen molar-refractivity contribution in [3.63, 3.8) is 0 Å². The zero-order valence-electron chi connectivity index (χ0n) is 14.8. The second kappa shape index (κ2) is 7.46. The molecule has 1 N–H and O–H groups in total. The van der Waals surface area contributed by atoms with Crippen LogP contribution in [-0.4, -0.2) is 35.2 Å². The highest BCUT2D eigenvalue weighted by Gasteiger charge is 2.36. The monoisotopic (exact) mass is 295 g/mol. The van der Waals surface area contributed by atoms with E-state index in [2.05, 4.69) is 32.6 Å². The minimum Gasteiger partial charge on any atom is -0.393 e. The molecular formula is C19H37NO. The lowest BCUT2D eigenvalue weighted by molar-refractivity contribution is -0.00316. The predicted octanol–water partition coefficient (Wildman–Crippen LogP) is 4.46. The molecule has 2 aliphatic rings. The molecule has 0 bridgehead atoms. The van der Waals surface area contributed by atoms with Gasteiger partial charge in [-0.2, -0.15) is 0 Å². The molecule has 2 fully saturated rings. The lowest BCUT2D eigenvalue weighted by atomic mass is 9.70. The number of hydrogen-bond donors (Lipinski definition) is 1. The Morgan fingerprint density at radius 1 is 1.14 bits per heavy atom. The molecule has 0 radical (unpaired) electrons. The number of hydrogen-bond acceptors (Lipinski definition) is 2. The van der Waals surface area contributed by atoms with Crippen molar-refractivity contribution in [2.24, 2.45) is 17.3 Å². The van der Waals surface area contributed by atoms with E-state index in [9.17, 15) is 5.11 Å². The summed E-state index contributed by atoms with van der Waals surface area (Å²) in [5, 5.41) is 10.4. The second-order valence-electron chi connectivity index (χ2n) is 8.85. The van der Waals surface area contributed by atoms with Gasteiger partial charge in [-0.15, -0.1) is 0 Å². The van der Waals surface area contributed by atoms with Crippen LogP contribution in [0.2, 0.25) is 0 Å². The molecule has 124 valence electrons. The predicted molar refractivity (Wildman–Crippen MR) is 90.4 cm³/mol. The molecule has 0 aromatic heterocycles. The summed E-state index contributed by atoms with van der Waals surface area (Å²) in [5.41, 5.74) is 0.420. The number of aliphatic hydroxyl groups is 1. The zero-order chi connectivity index (χ0) is 15.5. The first kappa shape index (κ1) is 17.3. The van der Waals surface area contributed by atoms with Gasteiger partial charge in [0.25, 0.3) is 0 Å². The maximum absolute atomic E-state index is 10.4. The molecule has 2 rings (SSSR count). The van der Waals surface area contributed by atoms with Gasteiger partial charge in [0, 0.05) is 12.6 Å². The van der Waals surface area contributed by atoms with Crippen LogP contribution in [0.5, 0.6) is 0 Å². The molecule has 0 heterocycles. The molecule has 2 heteroatoms. The summed E-state index contributed by atoms with van der Waals surface area (Å²) in [6.07, 6.45) is 10.2. The lowest BCUT2D eigenvalue weighted by Crippen LogP contribution is -2.44. The number of nitrogens with zero attached hydrogens (tertiary/aromatic N) is 1. The third-order valence-electron chi connectivity index (χ3n) is 5.78. The van der Waals surface area contributed by atoms with E-state index in [0.29, 0.717) is 11.3 Å². The minimum atomic E-state index is -0.0685. The highest BCUT2D eigenvalue weighted by atomic mass is 16.3. The fraction of sp³-hybridized carbons (Fsp3) is 1.00. The normalized spacial score (nSPS) is 30.4. The van der Waals surface area contributed by atoms with Crippen LogP contribution in [0.4, 0.5) is 0 Å². The Morgan fingerprint density at radius 3 is 2.43 bits per heavy atom. The van der Waals surface area contributed by atoms with Crippen LogP contribution in [0.15, 0.2) is 0 Å². The van der Waals surface area contributed by atoms with Crippen molar-refractivity contribution in [2.75, 3.05) is 13.1 Å². The lowest BCUT2D eigenvalue weighted by Gasteiger charge is -2.42. The first-order valence-electron chi connectivity index (χ1n) is 9.29. The Kier molecular flexibility index (Phi) is 6.14. The zero-order valence-corrected chi connectivity index (χ0v) is 14.8. The largest absolute Gasteiger partial charge is 0.393 e. The van der Waals surface area contributed by atoms with Crippen LogP contribution >= 0.6 is 0 Å². The van der Waals surface area contributed by atoms with Gasteiger partial charge in [-0.25, -0.2) is 0 Å². The Balaban J connectivity index is 1.95. The SMILES string of the molecule is CC(C)CCN(CC1CC(C)(C)CCC1O)C1CCCC1. The van der Waals surface area contributed by atoms with E-state index in [4.69, 9.17) is 0 Å². The van der Waals surface area contributed by atoms with Crippen LogP contribution in [0.25, 0.3) is 0 Å². The quantitative estimate of drug-likeness (QED) is 0.782. The molecule has 2 nitrogen and oxygen atoms in total. The van der Waals surface area contributed by atoms with Crippen molar-refractivity contribution in [2.45, 2.75) is 91.2 Å². The van der Waals surface area contributed by atoms with Crippen molar-refractivity contribution >= 4 is 0 Å². The van der Waals surface area contributed by atoms with Gasteiger partial charge in [-0.1, -0.05) is 40.5 Å². The minimum absolute atomic E-state index is 0.0685. The third kappa shape index (κ3) is 5.25. The van der Waals surface area contributed by atoms with Gasteiger partial charge in [0.15, 0.2) is 0 Å². The number of rotatable bonds is 6. The summed E-state index contributed by atoms with van der Waals surface area (Å²) < 4.78 is 0. The Hall–Kier alpha value is -0.0800. The second-order valence-corrected chi connectivity index (χ2v) is 8.85. The van der Waals surface area contributed by atoms with E-state index in [-0.39, 0.29) is 6.10 Å². The summed E-state index contributed by atoms with van der Waals surface area (Å²) in [7, 11) is 0. The van der Waals surface area contributed by atoms with Crippen molar-refractivity contribution < 1.29 is 5.11 Å². The Bertz CT molecular complexity index is 307. The molecule has 0 amide bonds. The standard InChI is InChI=1S/C19H37NO/c1-15(2)10-12-20(17-7-5-6-8-17)14-16-13-19(3,4)11-9-18(16)21/h15-18,21H,5-14H2,1-4H3. The van der Waals surface area contributed by atoms with Gasteiger partial charge < -0.3 is 10.0 Å². The first-order valence-corrected chi connectivity index (χ1v) is 9.29. The third-order valence-corrected chi connectivity index (χ3v) is 5.78. The maximum Gasteiger partial charge on any atom is 0.0581 e. The van der Waals surface area contributed by atoms with E-state index in [1.54, 1.807) is 0 Å². The molecule has 2 unspecified atom stereocenters. The van der Waals surface area contributed by atoms with E-state index in [1.807, 2.05) is 0 Å². The molecule has 0 aromatic rings. The van der Waals surface area contributed by atoms with Crippen LogP contribution in [-0.2, 0) is 0 Å². The van der Waals surface area contributed by atoms with Crippen molar-refractivity contribution in [3.8, 4) is 0 Å². The summed E-state index contributed by atoms with van der Waals surface area (Å²) in [5.74, 6) is 1.27. The molecule has 0 spiro atoms. The highest BCUT2D eigenvalue weighted by molar-refractivity contribution is 4.88. The fourth-order valence-corrected chi connectivity index (χ4v) is 4.33. The molecule has 2 saturated carbocycles. The van der Waals surface area contributed by atoms with Gasteiger partial charge in [0.2, 0.25) is 0 Å². The summed E-state index contributed by atoms with van der Waals surface area (Å²) in [6.45, 7) is 11.8. The van der Waals surface area contributed by atoms with Gasteiger partial charge in [0.05, 0.1) is 6.10 Å². The average molecular weight is 296 g/mol. The van der Waals surface area contributed by atoms with Crippen molar-refractivity contribution in [3.05, 3.63) is 0 Å². The summed E-state index contributed by atoms with van der Waals surface area (Å²) in [6, 6.07) is 0.793. The molecule has 0 aromatic carbocycles. The smallest absolute Gasteiger partial charge is 0.0581 e. The maximum atomic E-state index is 10.4. The molecule has 2 atom stereocenters. The van der Waals surface area contributed by atoms with Crippen LogP contribution < -0.4 is 0 Å². The average Bonchev–Trinajstić information content (AvgIpc) is 2.92. The fourth-order valence-electron chi connectivity index (χ4n) is 4.33. The molecule has 21 heavy (non-hydrogen) atoms. The van der Waals surface area contributed by atoms with Crippen molar-refractivity contribution in [1.29, 1.82) is 0 Å². The molecule has 0 saturated heterocycles. The van der Waals surface area contributed by atoms with E-state index < -0.39 is 0 Å². The van der Waals surface area contributed by atoms with Gasteiger partial charge in [-0.3, -0.25) is 0 Å². The van der Waals surface area contributed by atoms with Gasteiger partial charge in [-0.05, 0) is 62.3 Å².